The first-order chi connectivity index (χ1) is 9.22. The zero-order chi connectivity index (χ0) is 15.4. The van der Waals surface area contributed by atoms with Crippen LogP contribution in [0, 0.1) is 0 Å². The average molecular weight is 288 g/mol. The summed E-state index contributed by atoms with van der Waals surface area (Å²) >= 11 is 0. The number of esters is 1. The van der Waals surface area contributed by atoms with E-state index in [0.29, 0.717) is 0 Å². The molecule has 3 N–H and O–H groups in total. The lowest BCUT2D eigenvalue weighted by molar-refractivity contribution is -0.226. The van der Waals surface area contributed by atoms with Crippen molar-refractivity contribution in [2.75, 3.05) is 0 Å². The number of ether oxygens (including phenoxy) is 2. The van der Waals surface area contributed by atoms with Crippen LogP contribution in [0.15, 0.2) is 0 Å². The van der Waals surface area contributed by atoms with Crippen molar-refractivity contribution in [1.82, 2.24) is 10.6 Å². The summed E-state index contributed by atoms with van der Waals surface area (Å²) in [7, 11) is 0. The van der Waals surface area contributed by atoms with Gasteiger partial charge in [-0.3, -0.25) is 14.4 Å². The molecule has 1 aliphatic heterocycles. The molecule has 1 aliphatic rings. The molecule has 114 valence electrons. The normalized spacial score (nSPS) is 33.1. The van der Waals surface area contributed by atoms with E-state index >= 15 is 0 Å². The second-order valence-corrected chi connectivity index (χ2v) is 4.76. The molecule has 0 radical (unpaired) electrons. The molecule has 0 aliphatic carbocycles. The molecular formula is C12H20N2O6. The van der Waals surface area contributed by atoms with Gasteiger partial charge in [-0.2, -0.15) is 0 Å². The van der Waals surface area contributed by atoms with Gasteiger partial charge in [0.2, 0.25) is 11.8 Å². The lowest BCUT2D eigenvalue weighted by Crippen LogP contribution is -2.68. The molecule has 0 saturated carbocycles. The molecule has 1 fully saturated rings. The molecule has 0 aromatic carbocycles. The molecule has 1 heterocycles. The van der Waals surface area contributed by atoms with Gasteiger partial charge in [-0.15, -0.1) is 0 Å². The number of carbonyl (C=O) groups is 3. The fraction of sp³-hybridized carbons (Fsp3) is 0.750. The highest BCUT2D eigenvalue weighted by molar-refractivity contribution is 5.75. The number of amides is 2. The lowest BCUT2D eigenvalue weighted by Gasteiger charge is -2.43. The Morgan fingerprint density at radius 1 is 1.05 bits per heavy atom. The smallest absolute Gasteiger partial charge is 0.303 e. The lowest BCUT2D eigenvalue weighted by atomic mass is 9.94. The number of carbonyl (C=O) groups excluding carboxylic acids is 3. The second kappa shape index (κ2) is 6.67. The first-order valence-electron chi connectivity index (χ1n) is 6.27. The van der Waals surface area contributed by atoms with E-state index in [9.17, 15) is 19.5 Å². The minimum atomic E-state index is -1.31. The molecular weight excluding hydrogens is 268 g/mol. The Kier molecular flexibility index (Phi) is 5.46. The fourth-order valence-corrected chi connectivity index (χ4v) is 2.22. The monoisotopic (exact) mass is 288 g/mol. The third-order valence-electron chi connectivity index (χ3n) is 2.91. The minimum Gasteiger partial charge on any atom is -0.458 e. The molecule has 5 atom stereocenters. The van der Waals surface area contributed by atoms with Gasteiger partial charge in [-0.1, -0.05) is 0 Å². The van der Waals surface area contributed by atoms with E-state index in [1.54, 1.807) is 6.92 Å². The molecule has 0 aromatic heterocycles. The largest absolute Gasteiger partial charge is 0.458 e. The van der Waals surface area contributed by atoms with Gasteiger partial charge in [0.05, 0.1) is 12.1 Å². The maximum Gasteiger partial charge on any atom is 0.303 e. The van der Waals surface area contributed by atoms with Crippen molar-refractivity contribution in [3.8, 4) is 0 Å². The molecule has 1 saturated heterocycles. The number of nitrogens with one attached hydrogen (secondary N) is 2. The third-order valence-corrected chi connectivity index (χ3v) is 2.91. The SMILES string of the molecule is CC(=O)N[C@@H]1[C@H](NC(C)=O)[C@H](O)O[C@H](C)[C@H]1OC(C)=O. The van der Waals surface area contributed by atoms with Crippen LogP contribution >= 0.6 is 0 Å². The van der Waals surface area contributed by atoms with E-state index in [1.165, 1.54) is 20.8 Å². The summed E-state index contributed by atoms with van der Waals surface area (Å²) in [6.45, 7) is 5.41. The summed E-state index contributed by atoms with van der Waals surface area (Å²) in [5.41, 5.74) is 0. The van der Waals surface area contributed by atoms with E-state index in [4.69, 9.17) is 9.47 Å². The van der Waals surface area contributed by atoms with E-state index < -0.39 is 42.5 Å². The van der Waals surface area contributed by atoms with Gasteiger partial charge in [0.1, 0.15) is 12.1 Å². The van der Waals surface area contributed by atoms with Crippen molar-refractivity contribution in [3.63, 3.8) is 0 Å². The van der Waals surface area contributed by atoms with E-state index in [2.05, 4.69) is 10.6 Å². The zero-order valence-corrected chi connectivity index (χ0v) is 11.9. The standard InChI is InChI=1S/C12H20N2O6/c1-5-11(20-8(4)17)9(13-6(2)15)10(12(18)19-5)14-7(3)16/h5,9-12,18H,1-4H3,(H,13,15)(H,14,16)/t5-,9-,10+,11-,12-/m1/s1. The van der Waals surface area contributed by atoms with Crippen molar-refractivity contribution in [3.05, 3.63) is 0 Å². The Bertz CT molecular complexity index is 371. The maximum atomic E-state index is 11.3. The predicted octanol–water partition coefficient (Wildman–Crippen LogP) is -1.34. The Morgan fingerprint density at radius 3 is 2.00 bits per heavy atom. The summed E-state index contributed by atoms with van der Waals surface area (Å²) in [5, 5.41) is 15.0. The number of rotatable bonds is 3. The van der Waals surface area contributed by atoms with Gasteiger partial charge in [-0.05, 0) is 6.92 Å². The number of hydrogen-bond donors (Lipinski definition) is 3. The zero-order valence-electron chi connectivity index (χ0n) is 11.9. The molecule has 0 aromatic rings. The number of aliphatic hydroxyl groups is 1. The molecule has 0 unspecified atom stereocenters. The molecule has 2 amide bonds. The third kappa shape index (κ3) is 4.17. The first kappa shape index (κ1) is 16.4. The van der Waals surface area contributed by atoms with Crippen LogP contribution in [-0.2, 0) is 23.9 Å². The molecule has 0 bridgehead atoms. The van der Waals surface area contributed by atoms with Crippen molar-refractivity contribution in [2.24, 2.45) is 0 Å². The van der Waals surface area contributed by atoms with Crippen LogP contribution in [-0.4, -0.2) is 53.5 Å². The first-order valence-corrected chi connectivity index (χ1v) is 6.27. The van der Waals surface area contributed by atoms with Gasteiger partial charge >= 0.3 is 5.97 Å². The Hall–Kier alpha value is -1.67. The van der Waals surface area contributed by atoms with Crippen LogP contribution < -0.4 is 10.6 Å². The minimum absolute atomic E-state index is 0.371. The Morgan fingerprint density at radius 2 is 1.55 bits per heavy atom. The van der Waals surface area contributed by atoms with E-state index in [0.717, 1.165) is 0 Å². The number of hydrogen-bond acceptors (Lipinski definition) is 6. The molecule has 20 heavy (non-hydrogen) atoms. The van der Waals surface area contributed by atoms with Gasteiger partial charge in [0.15, 0.2) is 6.29 Å². The molecule has 8 nitrogen and oxygen atoms in total. The number of aliphatic hydroxyl groups excluding tert-OH is 1. The van der Waals surface area contributed by atoms with Crippen LogP contribution in [0.2, 0.25) is 0 Å². The van der Waals surface area contributed by atoms with Crippen LogP contribution in [0.4, 0.5) is 0 Å². The van der Waals surface area contributed by atoms with Crippen LogP contribution in [0.3, 0.4) is 0 Å². The topological polar surface area (TPSA) is 114 Å². The van der Waals surface area contributed by atoms with E-state index in [-0.39, 0.29) is 5.91 Å². The van der Waals surface area contributed by atoms with Crippen molar-refractivity contribution in [2.45, 2.75) is 58.3 Å². The quantitative estimate of drug-likeness (QED) is 0.554. The van der Waals surface area contributed by atoms with Crippen LogP contribution in [0.5, 0.6) is 0 Å². The predicted molar refractivity (Wildman–Crippen MR) is 67.3 cm³/mol. The fourth-order valence-electron chi connectivity index (χ4n) is 2.22. The van der Waals surface area contributed by atoms with Gasteiger partial charge < -0.3 is 25.2 Å². The summed E-state index contributed by atoms with van der Waals surface area (Å²) < 4.78 is 10.4. The second-order valence-electron chi connectivity index (χ2n) is 4.76. The summed E-state index contributed by atoms with van der Waals surface area (Å²) in [4.78, 5) is 33.7. The van der Waals surface area contributed by atoms with Gasteiger partial charge in [0.25, 0.3) is 0 Å². The molecule has 8 heteroatoms. The van der Waals surface area contributed by atoms with Crippen LogP contribution in [0.25, 0.3) is 0 Å². The van der Waals surface area contributed by atoms with Gasteiger partial charge in [-0.25, -0.2) is 0 Å². The molecule has 0 spiro atoms. The summed E-state index contributed by atoms with van der Waals surface area (Å²) in [6, 6.07) is -1.68. The highest BCUT2D eigenvalue weighted by atomic mass is 16.6. The van der Waals surface area contributed by atoms with E-state index in [1.807, 2.05) is 0 Å². The highest BCUT2D eigenvalue weighted by Gasteiger charge is 2.46. The average Bonchev–Trinajstić information content (AvgIpc) is 2.27. The highest BCUT2D eigenvalue weighted by Crippen LogP contribution is 2.22. The summed E-state index contributed by atoms with van der Waals surface area (Å²) in [5.74, 6) is -1.31. The molecule has 1 rings (SSSR count). The Labute approximate surface area is 116 Å². The van der Waals surface area contributed by atoms with Crippen molar-refractivity contribution >= 4 is 17.8 Å². The van der Waals surface area contributed by atoms with Crippen LogP contribution in [0.1, 0.15) is 27.7 Å². The summed E-state index contributed by atoms with van der Waals surface area (Å²) in [6.07, 6.45) is -2.75. The maximum absolute atomic E-state index is 11.3. The van der Waals surface area contributed by atoms with Gasteiger partial charge in [0, 0.05) is 20.8 Å². The van der Waals surface area contributed by atoms with Crippen molar-refractivity contribution < 1.29 is 29.0 Å². The Balaban J connectivity index is 3.01. The van der Waals surface area contributed by atoms with Crippen molar-refractivity contribution in [1.29, 1.82) is 0 Å².